The fraction of sp³-hybridized carbons (Fsp3) is 0.350. The number of hydrogen-bond acceptors (Lipinski definition) is 6. The van der Waals surface area contributed by atoms with Crippen molar-refractivity contribution in [1.29, 1.82) is 0 Å². The molecule has 4 aromatic rings. The molecule has 0 amide bonds. The molecular formula is C40H44O4S2. The number of fused-ring (bicyclic) bond motifs is 2. The average Bonchev–Trinajstić information content (AvgIpc) is 3.02. The van der Waals surface area contributed by atoms with Gasteiger partial charge in [-0.15, -0.1) is 0 Å². The molecule has 0 radical (unpaired) electrons. The molecule has 0 atom stereocenters. The Balaban J connectivity index is 1.74. The number of carbonyl (C=O) groups excluding carboxylic acids is 2. The van der Waals surface area contributed by atoms with Crippen LogP contribution in [0.2, 0.25) is 0 Å². The first-order valence-electron chi connectivity index (χ1n) is 16.4. The molecule has 46 heavy (non-hydrogen) atoms. The van der Waals surface area contributed by atoms with E-state index < -0.39 is 5.78 Å². The van der Waals surface area contributed by atoms with Crippen LogP contribution in [-0.4, -0.2) is 21.8 Å². The van der Waals surface area contributed by atoms with E-state index in [0.29, 0.717) is 33.8 Å². The van der Waals surface area contributed by atoms with Crippen molar-refractivity contribution < 1.29 is 19.8 Å². The highest BCUT2D eigenvalue weighted by molar-refractivity contribution is 7.99. The van der Waals surface area contributed by atoms with Crippen LogP contribution < -0.4 is 0 Å². The second-order valence-corrected chi connectivity index (χ2v) is 15.3. The summed E-state index contributed by atoms with van der Waals surface area (Å²) in [5.41, 5.74) is 2.77. The zero-order chi connectivity index (χ0) is 33.0. The summed E-state index contributed by atoms with van der Waals surface area (Å²) in [6, 6.07) is 21.7. The molecule has 0 saturated carbocycles. The first kappa shape index (κ1) is 33.9. The Bertz CT molecular complexity index is 1750. The number of carbonyl (C=O) groups is 2. The van der Waals surface area contributed by atoms with Crippen molar-refractivity contribution in [3.05, 3.63) is 106 Å². The van der Waals surface area contributed by atoms with Crippen molar-refractivity contribution >= 4 is 35.1 Å². The number of benzene rings is 4. The number of unbranched alkanes of at least 4 members (excludes halogenated alkanes) is 4. The fourth-order valence-electron chi connectivity index (χ4n) is 6.13. The predicted molar refractivity (Wildman–Crippen MR) is 189 cm³/mol. The van der Waals surface area contributed by atoms with Crippen LogP contribution in [0.25, 0.3) is 0 Å². The van der Waals surface area contributed by atoms with Crippen LogP contribution in [0.15, 0.2) is 86.3 Å². The van der Waals surface area contributed by atoms with Crippen LogP contribution in [-0.2, 0) is 18.3 Å². The van der Waals surface area contributed by atoms with Crippen LogP contribution in [0.4, 0.5) is 0 Å². The number of hydrogen-bond donors (Lipinski definition) is 2. The maximum absolute atomic E-state index is 14.8. The van der Waals surface area contributed by atoms with Crippen LogP contribution in [0, 0.1) is 0 Å². The van der Waals surface area contributed by atoms with Gasteiger partial charge in [0.25, 0.3) is 0 Å². The van der Waals surface area contributed by atoms with Crippen LogP contribution in [0.1, 0.15) is 122 Å². The number of aryl methyl sites for hydroxylation is 2. The summed E-state index contributed by atoms with van der Waals surface area (Å²) in [6.07, 6.45) is 6.93. The van der Waals surface area contributed by atoms with Gasteiger partial charge >= 0.3 is 0 Å². The molecule has 0 unspecified atom stereocenters. The molecule has 6 heteroatoms. The Morgan fingerprint density at radius 1 is 0.587 bits per heavy atom. The summed E-state index contributed by atoms with van der Waals surface area (Å²) in [4.78, 5) is 32.6. The minimum Gasteiger partial charge on any atom is -0.507 e. The van der Waals surface area contributed by atoms with Gasteiger partial charge < -0.3 is 10.2 Å². The van der Waals surface area contributed by atoms with E-state index in [2.05, 4.69) is 46.8 Å². The van der Waals surface area contributed by atoms with E-state index in [-0.39, 0.29) is 45.0 Å². The van der Waals surface area contributed by atoms with E-state index in [4.69, 9.17) is 0 Å². The molecule has 0 spiro atoms. The number of phenolic OH excluding ortho intramolecular Hbond substituents is 2. The lowest BCUT2D eigenvalue weighted by Crippen LogP contribution is -2.24. The Labute approximate surface area is 282 Å². The third kappa shape index (κ3) is 6.94. The largest absolute Gasteiger partial charge is 0.507 e. The fourth-order valence-corrected chi connectivity index (χ4v) is 8.54. The second kappa shape index (κ2) is 14.5. The zero-order valence-corrected chi connectivity index (χ0v) is 29.2. The monoisotopic (exact) mass is 652 g/mol. The first-order chi connectivity index (χ1) is 22.1. The normalized spacial score (nSPS) is 12.7. The van der Waals surface area contributed by atoms with E-state index in [1.807, 2.05) is 54.6 Å². The van der Waals surface area contributed by atoms with Crippen molar-refractivity contribution in [2.24, 2.45) is 0 Å². The van der Waals surface area contributed by atoms with Crippen molar-refractivity contribution in [3.8, 4) is 11.5 Å². The molecule has 0 aromatic heterocycles. The van der Waals surface area contributed by atoms with E-state index >= 15 is 0 Å². The Kier molecular flexibility index (Phi) is 10.7. The van der Waals surface area contributed by atoms with Crippen molar-refractivity contribution in [1.82, 2.24) is 0 Å². The highest BCUT2D eigenvalue weighted by atomic mass is 32.2. The molecule has 0 bridgehead atoms. The SMILES string of the molecule is CCCCCc1cc(Sc2ccccc2)c2c(c1O)C(=O)c1c(O)c(CCCCC)cc(Sc3ccccc3C(C)(C)C)c1C2=O. The Morgan fingerprint density at radius 3 is 1.59 bits per heavy atom. The van der Waals surface area contributed by atoms with Gasteiger partial charge in [-0.3, -0.25) is 9.59 Å². The van der Waals surface area contributed by atoms with Gasteiger partial charge in [-0.1, -0.05) is 120 Å². The van der Waals surface area contributed by atoms with E-state index in [1.165, 1.54) is 23.5 Å². The highest BCUT2D eigenvalue weighted by Gasteiger charge is 2.40. The molecule has 5 rings (SSSR count). The average molecular weight is 653 g/mol. The van der Waals surface area contributed by atoms with Gasteiger partial charge in [0.1, 0.15) is 11.5 Å². The van der Waals surface area contributed by atoms with E-state index in [1.54, 1.807) is 0 Å². The van der Waals surface area contributed by atoms with E-state index in [9.17, 15) is 19.8 Å². The number of aromatic hydroxyl groups is 2. The van der Waals surface area contributed by atoms with E-state index in [0.717, 1.165) is 53.9 Å². The van der Waals surface area contributed by atoms with Gasteiger partial charge in [-0.05, 0) is 78.1 Å². The summed E-state index contributed by atoms with van der Waals surface area (Å²) < 4.78 is 0. The maximum atomic E-state index is 14.8. The van der Waals surface area contributed by atoms with Crippen molar-refractivity contribution in [2.75, 3.05) is 0 Å². The molecule has 1 aliphatic rings. The van der Waals surface area contributed by atoms with Gasteiger partial charge in [0.15, 0.2) is 5.78 Å². The molecular weight excluding hydrogens is 609 g/mol. The standard InChI is InChI=1S/C40H44O4S2/c1-6-8-11-17-25-23-30(45-27-19-13-10-14-20-27)32-34(36(25)41)39(44)35-33(38(32)43)31(24-26(37(35)42)18-12-9-7-2)46-29-22-16-15-21-28(29)40(3,4)5/h10,13-16,19-24,41-42H,6-9,11-12,17-18H2,1-5H3. The Morgan fingerprint density at radius 2 is 1.07 bits per heavy atom. The molecule has 0 fully saturated rings. The van der Waals surface area contributed by atoms with Crippen LogP contribution >= 0.6 is 23.5 Å². The van der Waals surface area contributed by atoms with Gasteiger partial charge in [0, 0.05) is 19.6 Å². The lowest BCUT2D eigenvalue weighted by Gasteiger charge is -2.27. The first-order valence-corrected chi connectivity index (χ1v) is 18.1. The van der Waals surface area contributed by atoms with Gasteiger partial charge in [0.2, 0.25) is 5.78 Å². The predicted octanol–water partition coefficient (Wildman–Crippen LogP) is 10.9. The van der Waals surface area contributed by atoms with Gasteiger partial charge in [-0.2, -0.15) is 0 Å². The lowest BCUT2D eigenvalue weighted by molar-refractivity contribution is 0.0969. The van der Waals surface area contributed by atoms with Crippen LogP contribution in [0.5, 0.6) is 11.5 Å². The lowest BCUT2D eigenvalue weighted by atomic mass is 9.80. The van der Waals surface area contributed by atoms with Crippen molar-refractivity contribution in [2.45, 2.75) is 111 Å². The minimum absolute atomic E-state index is 0.0111. The quantitative estimate of drug-likeness (QED) is 0.131. The molecule has 0 aliphatic heterocycles. The molecule has 240 valence electrons. The Hall–Kier alpha value is -3.48. The second-order valence-electron chi connectivity index (χ2n) is 13.1. The van der Waals surface area contributed by atoms with Gasteiger partial charge in [0.05, 0.1) is 22.3 Å². The number of phenols is 2. The van der Waals surface area contributed by atoms with Crippen molar-refractivity contribution in [3.63, 3.8) is 0 Å². The highest BCUT2D eigenvalue weighted by Crippen LogP contribution is 2.49. The minimum atomic E-state index is -0.491. The maximum Gasteiger partial charge on any atom is 0.202 e. The number of ketones is 2. The third-order valence-corrected chi connectivity index (χ3v) is 10.7. The molecule has 2 N–H and O–H groups in total. The third-order valence-electron chi connectivity index (χ3n) is 8.58. The molecule has 4 nitrogen and oxygen atoms in total. The smallest absolute Gasteiger partial charge is 0.202 e. The summed E-state index contributed by atoms with van der Waals surface area (Å²) in [6.45, 7) is 10.7. The summed E-state index contributed by atoms with van der Waals surface area (Å²) in [5.74, 6) is -1.12. The number of rotatable bonds is 12. The molecule has 0 saturated heterocycles. The molecule has 4 aromatic carbocycles. The summed E-state index contributed by atoms with van der Waals surface area (Å²) >= 11 is 2.90. The zero-order valence-electron chi connectivity index (χ0n) is 27.5. The topological polar surface area (TPSA) is 74.6 Å². The summed E-state index contributed by atoms with van der Waals surface area (Å²) in [5, 5.41) is 23.3. The van der Waals surface area contributed by atoms with Gasteiger partial charge in [-0.25, -0.2) is 0 Å². The molecule has 1 aliphatic carbocycles. The molecule has 0 heterocycles. The summed E-state index contributed by atoms with van der Waals surface area (Å²) in [7, 11) is 0. The van der Waals surface area contributed by atoms with Crippen LogP contribution in [0.3, 0.4) is 0 Å².